The van der Waals surface area contributed by atoms with Crippen LogP contribution in [0.5, 0.6) is 0 Å². The van der Waals surface area contributed by atoms with Gasteiger partial charge in [-0.2, -0.15) is 10.4 Å². The van der Waals surface area contributed by atoms with Gasteiger partial charge in [0.25, 0.3) is 0 Å². The first-order valence-electron chi connectivity index (χ1n) is 5.79. The molecule has 0 spiro atoms. The van der Waals surface area contributed by atoms with Crippen LogP contribution in [0.15, 0.2) is 28.9 Å². The van der Waals surface area contributed by atoms with Gasteiger partial charge in [-0.15, -0.1) is 0 Å². The number of nitrogen functional groups attached to an aromatic ring is 1. The van der Waals surface area contributed by atoms with Crippen molar-refractivity contribution >= 4 is 27.6 Å². The fourth-order valence-electron chi connectivity index (χ4n) is 1.61. The summed E-state index contributed by atoms with van der Waals surface area (Å²) in [5.41, 5.74) is 7.26. The van der Waals surface area contributed by atoms with Crippen molar-refractivity contribution in [2.45, 2.75) is 6.92 Å². The molecule has 2 aromatic rings. The number of benzene rings is 1. The summed E-state index contributed by atoms with van der Waals surface area (Å²) in [5, 5.41) is 13.0. The Hall–Kier alpha value is -2.33. The quantitative estimate of drug-likeness (QED) is 0.869. The SMILES string of the molecule is CCOC(=O)c1nn(-c2ccc(C#N)c(Br)c2)cc1N. The van der Waals surface area contributed by atoms with Crippen molar-refractivity contribution in [2.75, 3.05) is 12.3 Å². The van der Waals surface area contributed by atoms with Crippen molar-refractivity contribution in [1.82, 2.24) is 9.78 Å². The number of ether oxygens (including phenoxy) is 1. The van der Waals surface area contributed by atoms with Crippen molar-refractivity contribution in [3.63, 3.8) is 0 Å². The molecule has 0 aliphatic heterocycles. The Morgan fingerprint density at radius 2 is 2.35 bits per heavy atom. The predicted molar refractivity (Wildman–Crippen MR) is 76.3 cm³/mol. The summed E-state index contributed by atoms with van der Waals surface area (Å²) in [6.45, 7) is 1.97. The smallest absolute Gasteiger partial charge is 0.361 e. The van der Waals surface area contributed by atoms with E-state index in [2.05, 4.69) is 27.1 Å². The average Bonchev–Trinajstić information content (AvgIpc) is 2.81. The van der Waals surface area contributed by atoms with Gasteiger partial charge in [0.05, 0.1) is 29.7 Å². The second-order valence-corrected chi connectivity index (χ2v) is 4.73. The fraction of sp³-hybridized carbons (Fsp3) is 0.154. The van der Waals surface area contributed by atoms with E-state index in [-0.39, 0.29) is 18.0 Å². The van der Waals surface area contributed by atoms with E-state index in [0.29, 0.717) is 15.7 Å². The molecule has 0 amide bonds. The van der Waals surface area contributed by atoms with Crippen LogP contribution in [0.25, 0.3) is 5.69 Å². The summed E-state index contributed by atoms with van der Waals surface area (Å²) >= 11 is 3.30. The van der Waals surface area contributed by atoms with E-state index in [1.165, 1.54) is 10.9 Å². The Morgan fingerprint density at radius 3 is 2.95 bits per heavy atom. The van der Waals surface area contributed by atoms with Gasteiger partial charge in [0.1, 0.15) is 6.07 Å². The summed E-state index contributed by atoms with van der Waals surface area (Å²) in [5.74, 6) is -0.559. The normalized spacial score (nSPS) is 10.1. The van der Waals surface area contributed by atoms with Gasteiger partial charge in [-0.1, -0.05) is 0 Å². The molecule has 2 N–H and O–H groups in total. The minimum atomic E-state index is -0.559. The van der Waals surface area contributed by atoms with Crippen molar-refractivity contribution in [2.24, 2.45) is 0 Å². The molecule has 1 aromatic carbocycles. The molecule has 2 rings (SSSR count). The van der Waals surface area contributed by atoms with Gasteiger partial charge in [-0.05, 0) is 41.1 Å². The van der Waals surface area contributed by atoms with Crippen LogP contribution < -0.4 is 5.73 Å². The minimum absolute atomic E-state index is 0.0762. The molecule has 1 aromatic heterocycles. The number of nitrogens with two attached hydrogens (primary N) is 1. The van der Waals surface area contributed by atoms with E-state index in [4.69, 9.17) is 15.7 Å². The van der Waals surface area contributed by atoms with Gasteiger partial charge in [0.2, 0.25) is 0 Å². The third kappa shape index (κ3) is 2.65. The summed E-state index contributed by atoms with van der Waals surface area (Å²) in [7, 11) is 0. The maximum Gasteiger partial charge on any atom is 0.361 e. The van der Waals surface area contributed by atoms with Crippen molar-refractivity contribution in [3.8, 4) is 11.8 Å². The van der Waals surface area contributed by atoms with Crippen LogP contribution in [0.2, 0.25) is 0 Å². The van der Waals surface area contributed by atoms with Gasteiger partial charge < -0.3 is 10.5 Å². The number of carbonyl (C=O) groups is 1. The molecule has 7 heteroatoms. The maximum absolute atomic E-state index is 11.6. The predicted octanol–water partition coefficient (Wildman–Crippen LogP) is 2.27. The van der Waals surface area contributed by atoms with Crippen LogP contribution in [0, 0.1) is 11.3 Å². The van der Waals surface area contributed by atoms with Gasteiger partial charge >= 0.3 is 5.97 Å². The molecular formula is C13H11BrN4O2. The summed E-state index contributed by atoms with van der Waals surface area (Å²) in [6.07, 6.45) is 1.53. The molecule has 0 aliphatic carbocycles. The van der Waals surface area contributed by atoms with E-state index < -0.39 is 5.97 Å². The molecule has 6 nitrogen and oxygen atoms in total. The highest BCUT2D eigenvalue weighted by atomic mass is 79.9. The Balaban J connectivity index is 2.40. The van der Waals surface area contributed by atoms with E-state index in [1.807, 2.05) is 0 Å². The number of esters is 1. The monoisotopic (exact) mass is 334 g/mol. The van der Waals surface area contributed by atoms with Crippen molar-refractivity contribution < 1.29 is 9.53 Å². The highest BCUT2D eigenvalue weighted by Crippen LogP contribution is 2.21. The van der Waals surface area contributed by atoms with E-state index in [0.717, 1.165) is 0 Å². The number of nitrogens with zero attached hydrogens (tertiary/aromatic N) is 3. The lowest BCUT2D eigenvalue weighted by Crippen LogP contribution is -2.08. The first-order chi connectivity index (χ1) is 9.56. The van der Waals surface area contributed by atoms with Gasteiger partial charge in [0, 0.05) is 4.47 Å². The molecule has 0 atom stereocenters. The standard InChI is InChI=1S/C13H11BrN4O2/c1-2-20-13(19)12-11(16)7-18(17-12)9-4-3-8(6-15)10(14)5-9/h3-5,7H,2,16H2,1H3. The largest absolute Gasteiger partial charge is 0.461 e. The number of nitriles is 1. The fourth-order valence-corrected chi connectivity index (χ4v) is 2.07. The Morgan fingerprint density at radius 1 is 1.60 bits per heavy atom. The zero-order valence-corrected chi connectivity index (χ0v) is 12.2. The molecule has 1 heterocycles. The van der Waals surface area contributed by atoms with Crippen molar-refractivity contribution in [3.05, 3.63) is 40.1 Å². The first-order valence-corrected chi connectivity index (χ1v) is 6.58. The van der Waals surface area contributed by atoms with Crippen LogP contribution in [0.4, 0.5) is 5.69 Å². The van der Waals surface area contributed by atoms with E-state index in [9.17, 15) is 4.79 Å². The number of halogens is 1. The van der Waals surface area contributed by atoms with Crippen LogP contribution in [-0.4, -0.2) is 22.4 Å². The molecule has 0 bridgehead atoms. The highest BCUT2D eigenvalue weighted by molar-refractivity contribution is 9.10. The Bertz CT molecular complexity index is 703. The third-order valence-electron chi connectivity index (χ3n) is 2.55. The summed E-state index contributed by atoms with van der Waals surface area (Å²) in [6, 6.07) is 7.14. The molecule has 0 fully saturated rings. The molecule has 0 radical (unpaired) electrons. The van der Waals surface area contributed by atoms with Crippen LogP contribution in [0.1, 0.15) is 23.0 Å². The lowest BCUT2D eigenvalue weighted by Gasteiger charge is -2.03. The molecule has 0 unspecified atom stereocenters. The van der Waals surface area contributed by atoms with Gasteiger partial charge in [-0.25, -0.2) is 9.48 Å². The van der Waals surface area contributed by atoms with Crippen LogP contribution in [-0.2, 0) is 4.74 Å². The summed E-state index contributed by atoms with van der Waals surface area (Å²) < 4.78 is 6.98. The molecule has 20 heavy (non-hydrogen) atoms. The summed E-state index contributed by atoms with van der Waals surface area (Å²) in [4.78, 5) is 11.6. The third-order valence-corrected chi connectivity index (χ3v) is 3.21. The Labute approximate surface area is 123 Å². The molecular weight excluding hydrogens is 324 g/mol. The number of aromatic nitrogens is 2. The molecule has 0 saturated carbocycles. The van der Waals surface area contributed by atoms with Crippen molar-refractivity contribution in [1.29, 1.82) is 5.26 Å². The zero-order chi connectivity index (χ0) is 14.7. The number of anilines is 1. The second kappa shape index (κ2) is 5.75. The minimum Gasteiger partial charge on any atom is -0.461 e. The maximum atomic E-state index is 11.6. The number of hydrogen-bond acceptors (Lipinski definition) is 5. The molecule has 0 saturated heterocycles. The lowest BCUT2D eigenvalue weighted by molar-refractivity contribution is 0.0520. The number of rotatable bonds is 3. The van der Waals surface area contributed by atoms with Gasteiger partial charge in [-0.3, -0.25) is 0 Å². The average molecular weight is 335 g/mol. The topological polar surface area (TPSA) is 93.9 Å². The Kier molecular flexibility index (Phi) is 4.05. The first kappa shape index (κ1) is 14.1. The van der Waals surface area contributed by atoms with Crippen LogP contribution in [0.3, 0.4) is 0 Å². The second-order valence-electron chi connectivity index (χ2n) is 3.87. The van der Waals surface area contributed by atoms with E-state index >= 15 is 0 Å². The van der Waals surface area contributed by atoms with Gasteiger partial charge in [0.15, 0.2) is 5.69 Å². The van der Waals surface area contributed by atoms with Crippen LogP contribution >= 0.6 is 15.9 Å². The number of hydrogen-bond donors (Lipinski definition) is 1. The number of carbonyl (C=O) groups excluding carboxylic acids is 1. The molecule has 0 aliphatic rings. The van der Waals surface area contributed by atoms with E-state index in [1.54, 1.807) is 25.1 Å². The lowest BCUT2D eigenvalue weighted by atomic mass is 10.2. The zero-order valence-electron chi connectivity index (χ0n) is 10.6. The highest BCUT2D eigenvalue weighted by Gasteiger charge is 2.16. The molecule has 102 valence electrons.